The highest BCUT2D eigenvalue weighted by Gasteiger charge is 2.03. The first kappa shape index (κ1) is 13.8. The molecular formula is C17H22N2. The van der Waals surface area contributed by atoms with Crippen LogP contribution in [-0.2, 0) is 13.0 Å². The molecule has 1 aromatic carbocycles. The van der Waals surface area contributed by atoms with Crippen LogP contribution in [0.3, 0.4) is 0 Å². The summed E-state index contributed by atoms with van der Waals surface area (Å²) in [4.78, 5) is 4.18. The van der Waals surface area contributed by atoms with Crippen molar-refractivity contribution >= 4 is 0 Å². The summed E-state index contributed by atoms with van der Waals surface area (Å²) in [5, 5.41) is 3.57. The fourth-order valence-electron chi connectivity index (χ4n) is 2.10. The van der Waals surface area contributed by atoms with Gasteiger partial charge in [-0.3, -0.25) is 4.98 Å². The van der Waals surface area contributed by atoms with Crippen molar-refractivity contribution in [2.45, 2.75) is 39.3 Å². The number of pyridine rings is 1. The summed E-state index contributed by atoms with van der Waals surface area (Å²) < 4.78 is 0. The Bertz CT molecular complexity index is 494. The molecule has 1 aromatic heterocycles. The van der Waals surface area contributed by atoms with Crippen molar-refractivity contribution < 1.29 is 0 Å². The molecule has 2 heteroatoms. The lowest BCUT2D eigenvalue weighted by Crippen LogP contribution is -2.26. The molecule has 19 heavy (non-hydrogen) atoms. The van der Waals surface area contributed by atoms with Gasteiger partial charge in [-0.2, -0.15) is 0 Å². The molecule has 0 aliphatic carbocycles. The quantitative estimate of drug-likeness (QED) is 0.853. The van der Waals surface area contributed by atoms with Crippen LogP contribution in [0.25, 0.3) is 0 Å². The number of aryl methyl sites for hydroxylation is 2. The Balaban J connectivity index is 1.76. The van der Waals surface area contributed by atoms with Gasteiger partial charge in [0, 0.05) is 25.0 Å². The van der Waals surface area contributed by atoms with Gasteiger partial charge in [0.05, 0.1) is 0 Å². The third-order valence-electron chi connectivity index (χ3n) is 3.50. The van der Waals surface area contributed by atoms with Crippen LogP contribution in [0.15, 0.2) is 48.8 Å². The van der Waals surface area contributed by atoms with Crippen molar-refractivity contribution in [3.63, 3.8) is 0 Å². The maximum atomic E-state index is 4.18. The normalized spacial score (nSPS) is 12.3. The minimum absolute atomic E-state index is 0.514. The van der Waals surface area contributed by atoms with Gasteiger partial charge < -0.3 is 5.32 Å². The second-order valence-corrected chi connectivity index (χ2v) is 5.11. The van der Waals surface area contributed by atoms with Crippen LogP contribution in [0.1, 0.15) is 30.0 Å². The molecule has 0 aliphatic heterocycles. The van der Waals surface area contributed by atoms with Gasteiger partial charge in [-0.1, -0.05) is 30.3 Å². The Morgan fingerprint density at radius 3 is 2.68 bits per heavy atom. The minimum Gasteiger partial charge on any atom is -0.310 e. The van der Waals surface area contributed by atoms with Gasteiger partial charge >= 0.3 is 0 Å². The number of hydrogen-bond acceptors (Lipinski definition) is 2. The smallest absolute Gasteiger partial charge is 0.0315 e. The first-order valence-corrected chi connectivity index (χ1v) is 6.92. The number of nitrogens with zero attached hydrogens (tertiary/aromatic N) is 1. The molecule has 1 heterocycles. The summed E-state index contributed by atoms with van der Waals surface area (Å²) in [6.45, 7) is 5.28. The van der Waals surface area contributed by atoms with Gasteiger partial charge in [0.15, 0.2) is 0 Å². The highest BCUT2D eigenvalue weighted by atomic mass is 14.9. The van der Waals surface area contributed by atoms with Gasteiger partial charge in [0.2, 0.25) is 0 Å². The van der Waals surface area contributed by atoms with E-state index in [1.54, 1.807) is 0 Å². The Labute approximate surface area is 115 Å². The van der Waals surface area contributed by atoms with Crippen LogP contribution < -0.4 is 5.32 Å². The Morgan fingerprint density at radius 1 is 1.16 bits per heavy atom. The monoisotopic (exact) mass is 254 g/mol. The molecule has 0 spiro atoms. The maximum absolute atomic E-state index is 4.18. The molecule has 2 nitrogen and oxygen atoms in total. The standard InChI is InChI=1S/C17H22N2/c1-14-10-11-18-12-17(14)13-19-15(2)8-9-16-6-4-3-5-7-16/h3-7,10-12,15,19H,8-9,13H2,1-2H3. The van der Waals surface area contributed by atoms with E-state index in [1.807, 2.05) is 12.4 Å². The lowest BCUT2D eigenvalue weighted by Gasteiger charge is -2.14. The zero-order valence-corrected chi connectivity index (χ0v) is 11.8. The van der Waals surface area contributed by atoms with Crippen LogP contribution in [0, 0.1) is 6.92 Å². The largest absolute Gasteiger partial charge is 0.310 e. The van der Waals surface area contributed by atoms with E-state index in [0.717, 1.165) is 19.4 Å². The lowest BCUT2D eigenvalue weighted by atomic mass is 10.1. The number of benzene rings is 1. The molecule has 0 aliphatic rings. The van der Waals surface area contributed by atoms with Crippen LogP contribution in [0.5, 0.6) is 0 Å². The Hall–Kier alpha value is -1.67. The molecule has 0 amide bonds. The van der Waals surface area contributed by atoms with Crippen LogP contribution in [0.4, 0.5) is 0 Å². The predicted molar refractivity (Wildman–Crippen MR) is 80.0 cm³/mol. The number of aromatic nitrogens is 1. The number of hydrogen-bond donors (Lipinski definition) is 1. The molecule has 2 aromatic rings. The summed E-state index contributed by atoms with van der Waals surface area (Å²) in [6, 6.07) is 13.2. The maximum Gasteiger partial charge on any atom is 0.0315 e. The lowest BCUT2D eigenvalue weighted by molar-refractivity contribution is 0.513. The van der Waals surface area contributed by atoms with E-state index in [-0.39, 0.29) is 0 Å². The molecule has 1 N–H and O–H groups in total. The van der Waals surface area contributed by atoms with E-state index >= 15 is 0 Å². The van der Waals surface area contributed by atoms with Crippen molar-refractivity contribution in [3.05, 3.63) is 65.5 Å². The summed E-state index contributed by atoms with van der Waals surface area (Å²) in [6.07, 6.45) is 6.08. The van der Waals surface area contributed by atoms with E-state index in [0.29, 0.717) is 6.04 Å². The fraction of sp³-hybridized carbons (Fsp3) is 0.353. The van der Waals surface area contributed by atoms with E-state index in [2.05, 4.69) is 60.5 Å². The van der Waals surface area contributed by atoms with E-state index in [9.17, 15) is 0 Å². The number of rotatable bonds is 6. The summed E-state index contributed by atoms with van der Waals surface area (Å²) in [7, 11) is 0. The average Bonchev–Trinajstić information content (AvgIpc) is 2.45. The summed E-state index contributed by atoms with van der Waals surface area (Å²) in [5.74, 6) is 0. The molecule has 2 rings (SSSR count). The fourth-order valence-corrected chi connectivity index (χ4v) is 2.10. The second-order valence-electron chi connectivity index (χ2n) is 5.11. The van der Waals surface area contributed by atoms with Crippen molar-refractivity contribution in [2.24, 2.45) is 0 Å². The molecule has 100 valence electrons. The molecule has 0 fully saturated rings. The Morgan fingerprint density at radius 2 is 1.95 bits per heavy atom. The van der Waals surface area contributed by atoms with Gasteiger partial charge in [0.25, 0.3) is 0 Å². The molecule has 1 atom stereocenters. The van der Waals surface area contributed by atoms with Gasteiger partial charge in [-0.25, -0.2) is 0 Å². The predicted octanol–water partition coefficient (Wildman–Crippen LogP) is 3.50. The molecule has 0 saturated heterocycles. The van der Waals surface area contributed by atoms with E-state index in [4.69, 9.17) is 0 Å². The molecule has 0 bridgehead atoms. The average molecular weight is 254 g/mol. The Kier molecular flexibility index (Phi) is 5.10. The van der Waals surface area contributed by atoms with E-state index < -0.39 is 0 Å². The third-order valence-corrected chi connectivity index (χ3v) is 3.50. The topological polar surface area (TPSA) is 24.9 Å². The van der Waals surface area contributed by atoms with Gasteiger partial charge in [0.1, 0.15) is 0 Å². The summed E-state index contributed by atoms with van der Waals surface area (Å²) >= 11 is 0. The first-order chi connectivity index (χ1) is 9.25. The highest BCUT2D eigenvalue weighted by molar-refractivity contribution is 5.21. The number of nitrogens with one attached hydrogen (secondary N) is 1. The van der Waals surface area contributed by atoms with E-state index in [1.165, 1.54) is 16.7 Å². The summed E-state index contributed by atoms with van der Waals surface area (Å²) in [5.41, 5.74) is 4.00. The highest BCUT2D eigenvalue weighted by Crippen LogP contribution is 2.07. The molecule has 0 radical (unpaired) electrons. The third kappa shape index (κ3) is 4.49. The SMILES string of the molecule is Cc1ccncc1CNC(C)CCc1ccccc1. The van der Waals surface area contributed by atoms with Gasteiger partial charge in [-0.15, -0.1) is 0 Å². The van der Waals surface area contributed by atoms with Crippen molar-refractivity contribution in [2.75, 3.05) is 0 Å². The molecule has 1 unspecified atom stereocenters. The van der Waals surface area contributed by atoms with Crippen LogP contribution in [0.2, 0.25) is 0 Å². The zero-order chi connectivity index (χ0) is 13.5. The molecule has 0 saturated carbocycles. The second kappa shape index (κ2) is 7.05. The van der Waals surface area contributed by atoms with Crippen molar-refractivity contribution in [1.29, 1.82) is 0 Å². The van der Waals surface area contributed by atoms with Gasteiger partial charge in [-0.05, 0) is 49.4 Å². The minimum atomic E-state index is 0.514. The van der Waals surface area contributed by atoms with Crippen LogP contribution >= 0.6 is 0 Å². The zero-order valence-electron chi connectivity index (χ0n) is 11.8. The van der Waals surface area contributed by atoms with Crippen molar-refractivity contribution in [1.82, 2.24) is 10.3 Å². The van der Waals surface area contributed by atoms with Crippen molar-refractivity contribution in [3.8, 4) is 0 Å². The first-order valence-electron chi connectivity index (χ1n) is 6.92. The van der Waals surface area contributed by atoms with Crippen LogP contribution in [-0.4, -0.2) is 11.0 Å². The molecular weight excluding hydrogens is 232 g/mol.